The maximum absolute atomic E-state index is 12.5. The number of anilines is 1. The van der Waals surface area contributed by atoms with Crippen molar-refractivity contribution < 1.29 is 9.53 Å². The van der Waals surface area contributed by atoms with Crippen molar-refractivity contribution in [1.29, 1.82) is 0 Å². The lowest BCUT2D eigenvalue weighted by atomic mass is 10.1. The van der Waals surface area contributed by atoms with Crippen LogP contribution in [-0.2, 0) is 11.4 Å². The first-order valence-corrected chi connectivity index (χ1v) is 11.5. The highest BCUT2D eigenvalue weighted by molar-refractivity contribution is 8.00. The van der Waals surface area contributed by atoms with Crippen molar-refractivity contribution >= 4 is 69.8 Å². The van der Waals surface area contributed by atoms with E-state index >= 15 is 0 Å². The molecule has 0 bridgehead atoms. The Hall–Kier alpha value is -1.56. The van der Waals surface area contributed by atoms with Gasteiger partial charge in [-0.15, -0.1) is 11.8 Å². The zero-order valence-electron chi connectivity index (χ0n) is 15.4. The average Bonchev–Trinajstić information content (AvgIpc) is 3.10. The SMILES string of the molecule is O=C1CS[C@H](c2cc(Cl)c(OCc3ccccc3Cl)c(Cl)c2)N1c1ccc(Cl)cc1. The Morgan fingerprint density at radius 2 is 1.60 bits per heavy atom. The van der Waals surface area contributed by atoms with Gasteiger partial charge in [0.05, 0.1) is 15.8 Å². The molecule has 0 spiro atoms. The smallest absolute Gasteiger partial charge is 0.238 e. The summed E-state index contributed by atoms with van der Waals surface area (Å²) in [6, 6.07) is 18.2. The fourth-order valence-corrected chi connectivity index (χ4v) is 5.26. The second kappa shape index (κ2) is 9.29. The highest BCUT2D eigenvalue weighted by Gasteiger charge is 2.34. The first-order chi connectivity index (χ1) is 14.4. The Kier molecular flexibility index (Phi) is 6.71. The van der Waals surface area contributed by atoms with Crippen LogP contribution in [-0.4, -0.2) is 11.7 Å². The molecule has 0 aliphatic carbocycles. The number of halogens is 4. The van der Waals surface area contributed by atoms with Gasteiger partial charge in [0, 0.05) is 21.3 Å². The Balaban J connectivity index is 1.59. The highest BCUT2D eigenvalue weighted by Crippen LogP contribution is 2.45. The summed E-state index contributed by atoms with van der Waals surface area (Å²) in [6.45, 7) is 0.242. The van der Waals surface area contributed by atoms with Crippen molar-refractivity contribution in [2.75, 3.05) is 10.7 Å². The third kappa shape index (κ3) is 4.53. The Morgan fingerprint density at radius 1 is 0.933 bits per heavy atom. The molecule has 3 aromatic rings. The first kappa shape index (κ1) is 21.7. The molecule has 1 aliphatic rings. The van der Waals surface area contributed by atoms with Crippen molar-refractivity contribution in [3.63, 3.8) is 0 Å². The van der Waals surface area contributed by atoms with Gasteiger partial charge in [-0.3, -0.25) is 9.69 Å². The van der Waals surface area contributed by atoms with Crippen LogP contribution in [0.4, 0.5) is 5.69 Å². The number of carbonyl (C=O) groups is 1. The van der Waals surface area contributed by atoms with E-state index in [-0.39, 0.29) is 17.9 Å². The van der Waals surface area contributed by atoms with E-state index in [9.17, 15) is 4.79 Å². The van der Waals surface area contributed by atoms with Gasteiger partial charge in [0.15, 0.2) is 5.75 Å². The van der Waals surface area contributed by atoms with E-state index in [4.69, 9.17) is 51.1 Å². The number of amides is 1. The molecule has 0 aromatic heterocycles. The van der Waals surface area contributed by atoms with Crippen LogP contribution in [0.25, 0.3) is 0 Å². The highest BCUT2D eigenvalue weighted by atomic mass is 35.5. The van der Waals surface area contributed by atoms with Crippen molar-refractivity contribution in [3.8, 4) is 5.75 Å². The molecule has 3 aromatic carbocycles. The third-order valence-electron chi connectivity index (χ3n) is 4.61. The molecule has 30 heavy (non-hydrogen) atoms. The lowest BCUT2D eigenvalue weighted by Crippen LogP contribution is -2.27. The van der Waals surface area contributed by atoms with Crippen LogP contribution in [0.1, 0.15) is 16.5 Å². The maximum Gasteiger partial charge on any atom is 0.238 e. The zero-order chi connectivity index (χ0) is 21.3. The lowest BCUT2D eigenvalue weighted by molar-refractivity contribution is -0.115. The summed E-state index contributed by atoms with van der Waals surface area (Å²) in [5, 5.41) is 1.73. The molecule has 4 rings (SSSR count). The van der Waals surface area contributed by atoms with E-state index in [2.05, 4.69) is 0 Å². The average molecular weight is 499 g/mol. The van der Waals surface area contributed by atoms with Crippen LogP contribution >= 0.6 is 58.2 Å². The lowest BCUT2D eigenvalue weighted by Gasteiger charge is -2.25. The molecule has 0 N–H and O–H groups in total. The number of thioether (sulfide) groups is 1. The number of benzene rings is 3. The van der Waals surface area contributed by atoms with Crippen LogP contribution in [0.5, 0.6) is 5.75 Å². The van der Waals surface area contributed by atoms with Crippen LogP contribution < -0.4 is 9.64 Å². The summed E-state index contributed by atoms with van der Waals surface area (Å²) in [6.07, 6.45) is 0. The number of ether oxygens (including phenoxy) is 1. The molecule has 1 amide bonds. The third-order valence-corrected chi connectivity index (χ3v) is 7.00. The number of hydrogen-bond donors (Lipinski definition) is 0. The van der Waals surface area contributed by atoms with Gasteiger partial charge in [0.25, 0.3) is 0 Å². The second-order valence-electron chi connectivity index (χ2n) is 6.60. The summed E-state index contributed by atoms with van der Waals surface area (Å²) in [4.78, 5) is 14.3. The van der Waals surface area contributed by atoms with Crippen molar-refractivity contribution in [1.82, 2.24) is 0 Å². The van der Waals surface area contributed by atoms with Crippen LogP contribution in [0.2, 0.25) is 20.1 Å². The minimum Gasteiger partial charge on any atom is -0.486 e. The fraction of sp³-hybridized carbons (Fsp3) is 0.136. The molecule has 1 aliphatic heterocycles. The van der Waals surface area contributed by atoms with E-state index in [0.717, 1.165) is 16.8 Å². The second-order valence-corrected chi connectivity index (χ2v) is 9.32. The van der Waals surface area contributed by atoms with Gasteiger partial charge < -0.3 is 4.74 Å². The molecular weight excluding hydrogens is 484 g/mol. The Morgan fingerprint density at radius 3 is 2.27 bits per heavy atom. The molecule has 0 radical (unpaired) electrons. The van der Waals surface area contributed by atoms with Gasteiger partial charge in [-0.25, -0.2) is 0 Å². The van der Waals surface area contributed by atoms with E-state index in [1.807, 2.05) is 30.3 Å². The molecule has 3 nitrogen and oxygen atoms in total. The molecule has 1 saturated heterocycles. The molecule has 8 heteroatoms. The van der Waals surface area contributed by atoms with Gasteiger partial charge in [-0.1, -0.05) is 64.6 Å². The van der Waals surface area contributed by atoms with Crippen molar-refractivity contribution in [2.45, 2.75) is 12.0 Å². The van der Waals surface area contributed by atoms with Crippen molar-refractivity contribution in [3.05, 3.63) is 91.9 Å². The first-order valence-electron chi connectivity index (χ1n) is 8.98. The largest absolute Gasteiger partial charge is 0.486 e. The number of carbonyl (C=O) groups excluding carboxylic acids is 1. The van der Waals surface area contributed by atoms with Crippen LogP contribution in [0.3, 0.4) is 0 Å². The quantitative estimate of drug-likeness (QED) is 0.361. The summed E-state index contributed by atoms with van der Waals surface area (Å²) < 4.78 is 5.85. The molecular formula is C22H15Cl4NO2S. The molecule has 0 saturated carbocycles. The van der Waals surface area contributed by atoms with Crippen molar-refractivity contribution in [2.24, 2.45) is 0 Å². The standard InChI is InChI=1S/C22H15Cl4NO2S/c23-15-5-7-16(8-6-15)27-20(28)12-30-22(27)14-9-18(25)21(19(26)10-14)29-11-13-3-1-2-4-17(13)24/h1-10,22H,11-12H2/t22-/m1/s1. The fourth-order valence-electron chi connectivity index (χ4n) is 3.18. The molecule has 1 fully saturated rings. The summed E-state index contributed by atoms with van der Waals surface area (Å²) in [5.41, 5.74) is 2.42. The summed E-state index contributed by atoms with van der Waals surface area (Å²) >= 11 is 26.7. The Labute approximate surface area is 198 Å². The monoisotopic (exact) mass is 497 g/mol. The number of rotatable bonds is 5. The predicted octanol–water partition coefficient (Wildman–Crippen LogP) is 7.66. The van der Waals surface area contributed by atoms with Crippen LogP contribution in [0.15, 0.2) is 60.7 Å². The van der Waals surface area contributed by atoms with Gasteiger partial charge in [-0.05, 0) is 48.0 Å². The maximum atomic E-state index is 12.5. The molecule has 154 valence electrons. The van der Waals surface area contributed by atoms with E-state index < -0.39 is 0 Å². The molecule has 1 atom stereocenters. The Bertz CT molecular complexity index is 1070. The van der Waals surface area contributed by atoms with Gasteiger partial charge in [-0.2, -0.15) is 0 Å². The number of nitrogens with zero attached hydrogens (tertiary/aromatic N) is 1. The van der Waals surface area contributed by atoms with Gasteiger partial charge >= 0.3 is 0 Å². The van der Waals surface area contributed by atoms with Crippen LogP contribution in [0, 0.1) is 0 Å². The topological polar surface area (TPSA) is 29.5 Å². The molecule has 1 heterocycles. The number of hydrogen-bond acceptors (Lipinski definition) is 3. The summed E-state index contributed by atoms with van der Waals surface area (Å²) in [5.74, 6) is 0.765. The zero-order valence-corrected chi connectivity index (χ0v) is 19.3. The van der Waals surface area contributed by atoms with E-state index in [1.54, 1.807) is 35.2 Å². The molecule has 0 unspecified atom stereocenters. The minimum absolute atomic E-state index is 0.0126. The normalized spacial score (nSPS) is 16.2. The minimum atomic E-state index is -0.244. The predicted molar refractivity (Wildman–Crippen MR) is 126 cm³/mol. The van der Waals surface area contributed by atoms with E-state index in [0.29, 0.717) is 31.6 Å². The van der Waals surface area contributed by atoms with E-state index in [1.165, 1.54) is 11.8 Å². The van der Waals surface area contributed by atoms with Gasteiger partial charge in [0.1, 0.15) is 12.0 Å². The summed E-state index contributed by atoms with van der Waals surface area (Å²) in [7, 11) is 0. The van der Waals surface area contributed by atoms with Gasteiger partial charge in [0.2, 0.25) is 5.91 Å².